The van der Waals surface area contributed by atoms with E-state index >= 15 is 0 Å². The molecule has 1 fully saturated rings. The SMILES string of the molecule is NC(=O)c1cccc(C2CC2)c1-c1ccccn1. The fourth-order valence-corrected chi connectivity index (χ4v) is 2.31. The molecule has 1 heterocycles. The molecule has 1 aromatic carbocycles. The van der Waals surface area contributed by atoms with E-state index in [1.165, 1.54) is 18.4 Å². The fourth-order valence-electron chi connectivity index (χ4n) is 2.31. The molecule has 2 aromatic rings. The number of hydrogen-bond acceptors (Lipinski definition) is 2. The highest BCUT2D eigenvalue weighted by atomic mass is 16.1. The molecule has 0 spiro atoms. The second-order valence-electron chi connectivity index (χ2n) is 4.62. The molecule has 0 radical (unpaired) electrons. The summed E-state index contributed by atoms with van der Waals surface area (Å²) in [6.45, 7) is 0. The largest absolute Gasteiger partial charge is 0.366 e. The highest BCUT2D eigenvalue weighted by Gasteiger charge is 2.28. The van der Waals surface area contributed by atoms with Gasteiger partial charge >= 0.3 is 0 Å². The Labute approximate surface area is 106 Å². The Morgan fingerprint density at radius 3 is 2.61 bits per heavy atom. The van der Waals surface area contributed by atoms with Crippen molar-refractivity contribution in [1.82, 2.24) is 4.98 Å². The molecular formula is C15H14N2O. The Bertz CT molecular complexity index is 589. The molecular weight excluding hydrogens is 224 g/mol. The molecule has 18 heavy (non-hydrogen) atoms. The van der Waals surface area contributed by atoms with Crippen molar-refractivity contribution >= 4 is 5.91 Å². The highest BCUT2D eigenvalue weighted by molar-refractivity contribution is 6.00. The third-order valence-electron chi connectivity index (χ3n) is 3.30. The normalized spacial score (nSPS) is 14.4. The third kappa shape index (κ3) is 1.88. The van der Waals surface area contributed by atoms with Crippen LogP contribution < -0.4 is 5.73 Å². The number of benzene rings is 1. The highest BCUT2D eigenvalue weighted by Crippen LogP contribution is 2.45. The summed E-state index contributed by atoms with van der Waals surface area (Å²) in [7, 11) is 0. The maximum absolute atomic E-state index is 11.6. The molecule has 1 saturated carbocycles. The second-order valence-corrected chi connectivity index (χ2v) is 4.62. The summed E-state index contributed by atoms with van der Waals surface area (Å²) in [4.78, 5) is 15.9. The van der Waals surface area contributed by atoms with Crippen LogP contribution in [0.4, 0.5) is 0 Å². The lowest BCUT2D eigenvalue weighted by Gasteiger charge is -2.12. The van der Waals surface area contributed by atoms with Gasteiger partial charge in [0.25, 0.3) is 0 Å². The van der Waals surface area contributed by atoms with Crippen LogP contribution in [0.25, 0.3) is 11.3 Å². The standard InChI is InChI=1S/C15H14N2O/c16-15(18)12-5-3-4-11(10-7-8-10)14(12)13-6-1-2-9-17-13/h1-6,9-10H,7-8H2,(H2,16,18). The molecule has 0 bridgehead atoms. The lowest BCUT2D eigenvalue weighted by molar-refractivity contribution is 0.100. The molecule has 1 aromatic heterocycles. The lowest BCUT2D eigenvalue weighted by Crippen LogP contribution is -2.13. The molecule has 0 unspecified atom stereocenters. The van der Waals surface area contributed by atoms with Crippen molar-refractivity contribution in [3.05, 3.63) is 53.7 Å². The zero-order valence-electron chi connectivity index (χ0n) is 9.97. The van der Waals surface area contributed by atoms with Crippen molar-refractivity contribution in [1.29, 1.82) is 0 Å². The third-order valence-corrected chi connectivity index (χ3v) is 3.30. The van der Waals surface area contributed by atoms with Crippen LogP contribution in [0.3, 0.4) is 0 Å². The summed E-state index contributed by atoms with van der Waals surface area (Å²) in [5.74, 6) is 0.166. The van der Waals surface area contributed by atoms with Gasteiger partial charge in [0.05, 0.1) is 5.69 Å². The summed E-state index contributed by atoms with van der Waals surface area (Å²) in [5, 5.41) is 0. The number of carbonyl (C=O) groups excluding carboxylic acids is 1. The maximum atomic E-state index is 11.6. The number of nitrogens with zero attached hydrogens (tertiary/aromatic N) is 1. The van der Waals surface area contributed by atoms with Gasteiger partial charge in [-0.2, -0.15) is 0 Å². The first-order chi connectivity index (χ1) is 8.77. The van der Waals surface area contributed by atoms with Crippen LogP contribution in [0, 0.1) is 0 Å². The van der Waals surface area contributed by atoms with E-state index in [0.717, 1.165) is 11.3 Å². The first-order valence-electron chi connectivity index (χ1n) is 6.11. The molecule has 1 amide bonds. The average molecular weight is 238 g/mol. The molecule has 90 valence electrons. The minimum absolute atomic E-state index is 0.391. The van der Waals surface area contributed by atoms with Crippen LogP contribution in [-0.2, 0) is 0 Å². The smallest absolute Gasteiger partial charge is 0.249 e. The quantitative estimate of drug-likeness (QED) is 0.893. The Hall–Kier alpha value is -2.16. The van der Waals surface area contributed by atoms with Gasteiger partial charge in [-0.1, -0.05) is 18.2 Å². The van der Waals surface area contributed by atoms with Crippen LogP contribution in [0.15, 0.2) is 42.6 Å². The van der Waals surface area contributed by atoms with E-state index in [0.29, 0.717) is 11.5 Å². The number of amides is 1. The van der Waals surface area contributed by atoms with Crippen molar-refractivity contribution in [2.24, 2.45) is 5.73 Å². The Morgan fingerprint density at radius 2 is 2.00 bits per heavy atom. The summed E-state index contributed by atoms with van der Waals surface area (Å²) in [5.41, 5.74) is 8.98. The zero-order chi connectivity index (χ0) is 12.5. The number of pyridine rings is 1. The van der Waals surface area contributed by atoms with Crippen LogP contribution in [0.5, 0.6) is 0 Å². The van der Waals surface area contributed by atoms with Gasteiger partial charge in [0, 0.05) is 17.3 Å². The van der Waals surface area contributed by atoms with E-state index in [2.05, 4.69) is 11.1 Å². The van der Waals surface area contributed by atoms with Crippen LogP contribution in [0.1, 0.15) is 34.7 Å². The van der Waals surface area contributed by atoms with Crippen LogP contribution in [-0.4, -0.2) is 10.9 Å². The van der Waals surface area contributed by atoms with Gasteiger partial charge in [-0.05, 0) is 42.5 Å². The predicted molar refractivity (Wildman–Crippen MR) is 70.2 cm³/mol. The number of nitrogens with two attached hydrogens (primary N) is 1. The number of aromatic nitrogens is 1. The molecule has 3 rings (SSSR count). The molecule has 0 saturated heterocycles. The van der Waals surface area contributed by atoms with E-state index in [9.17, 15) is 4.79 Å². The fraction of sp³-hybridized carbons (Fsp3) is 0.200. The van der Waals surface area contributed by atoms with E-state index < -0.39 is 5.91 Å². The van der Waals surface area contributed by atoms with Gasteiger partial charge < -0.3 is 5.73 Å². The molecule has 1 aliphatic carbocycles. The monoisotopic (exact) mass is 238 g/mol. The zero-order valence-corrected chi connectivity index (χ0v) is 9.97. The first-order valence-corrected chi connectivity index (χ1v) is 6.11. The van der Waals surface area contributed by atoms with Gasteiger partial charge in [0.15, 0.2) is 0 Å². The average Bonchev–Trinajstić information content (AvgIpc) is 3.23. The van der Waals surface area contributed by atoms with Crippen molar-refractivity contribution in [3.8, 4) is 11.3 Å². The summed E-state index contributed by atoms with van der Waals surface area (Å²) < 4.78 is 0. The second kappa shape index (κ2) is 4.26. The Morgan fingerprint density at radius 1 is 1.17 bits per heavy atom. The predicted octanol–water partition coefficient (Wildman–Crippen LogP) is 2.72. The van der Waals surface area contributed by atoms with Crippen molar-refractivity contribution in [3.63, 3.8) is 0 Å². The van der Waals surface area contributed by atoms with Gasteiger partial charge in [-0.15, -0.1) is 0 Å². The van der Waals surface area contributed by atoms with E-state index in [4.69, 9.17) is 5.73 Å². The van der Waals surface area contributed by atoms with Crippen LogP contribution in [0.2, 0.25) is 0 Å². The number of carbonyl (C=O) groups is 1. The lowest BCUT2D eigenvalue weighted by atomic mass is 9.94. The van der Waals surface area contributed by atoms with Gasteiger partial charge in [0.1, 0.15) is 0 Å². The molecule has 2 N–H and O–H groups in total. The van der Waals surface area contributed by atoms with E-state index in [1.807, 2.05) is 24.3 Å². The van der Waals surface area contributed by atoms with E-state index in [-0.39, 0.29) is 0 Å². The summed E-state index contributed by atoms with van der Waals surface area (Å²) >= 11 is 0. The molecule has 1 aliphatic rings. The molecule has 3 heteroatoms. The van der Waals surface area contributed by atoms with Gasteiger partial charge in [0.2, 0.25) is 5.91 Å². The topological polar surface area (TPSA) is 56.0 Å². The van der Waals surface area contributed by atoms with Crippen molar-refractivity contribution < 1.29 is 4.79 Å². The maximum Gasteiger partial charge on any atom is 0.249 e. The van der Waals surface area contributed by atoms with Crippen molar-refractivity contribution in [2.75, 3.05) is 0 Å². The minimum Gasteiger partial charge on any atom is -0.366 e. The molecule has 0 atom stereocenters. The van der Waals surface area contributed by atoms with E-state index in [1.54, 1.807) is 12.3 Å². The number of hydrogen-bond donors (Lipinski definition) is 1. The Balaban J connectivity index is 2.23. The summed E-state index contributed by atoms with van der Waals surface area (Å²) in [6, 6.07) is 11.5. The molecule has 3 nitrogen and oxygen atoms in total. The van der Waals surface area contributed by atoms with Gasteiger partial charge in [-0.3, -0.25) is 9.78 Å². The summed E-state index contributed by atoms with van der Waals surface area (Å²) in [6.07, 6.45) is 4.11. The van der Waals surface area contributed by atoms with Gasteiger partial charge in [-0.25, -0.2) is 0 Å². The number of primary amides is 1. The molecule has 0 aliphatic heterocycles. The first kappa shape index (κ1) is 11.0. The van der Waals surface area contributed by atoms with Crippen molar-refractivity contribution in [2.45, 2.75) is 18.8 Å². The minimum atomic E-state index is -0.391. The van der Waals surface area contributed by atoms with Crippen LogP contribution >= 0.6 is 0 Å². The Kier molecular flexibility index (Phi) is 2.59. The number of rotatable bonds is 3.